The van der Waals surface area contributed by atoms with E-state index in [1.165, 1.54) is 16.8 Å². The lowest BCUT2D eigenvalue weighted by atomic mass is 9.93. The van der Waals surface area contributed by atoms with Gasteiger partial charge in [-0.1, -0.05) is 0 Å². The predicted octanol–water partition coefficient (Wildman–Crippen LogP) is -1.41. The lowest BCUT2D eigenvalue weighted by molar-refractivity contribution is -0.242. The van der Waals surface area contributed by atoms with Crippen LogP contribution in [0, 0.1) is 0 Å². The molecule has 0 amide bonds. The molecule has 0 radical (unpaired) electrons. The Morgan fingerprint density at radius 2 is 2.41 bits per heavy atom. The Bertz CT molecular complexity index is 546. The summed E-state index contributed by atoms with van der Waals surface area (Å²) >= 11 is 0. The normalized spacial score (nSPS) is 35.4. The monoisotopic (exact) mass is 240 g/mol. The third-order valence-corrected chi connectivity index (χ3v) is 3.33. The summed E-state index contributed by atoms with van der Waals surface area (Å²) in [6.07, 6.45) is 1.20. The van der Waals surface area contributed by atoms with Crippen molar-refractivity contribution in [2.24, 2.45) is 0 Å². The molecule has 0 bridgehead atoms. The van der Waals surface area contributed by atoms with Gasteiger partial charge in [0.05, 0.1) is 19.3 Å². The van der Waals surface area contributed by atoms with Crippen LogP contribution in [0.25, 0.3) is 0 Å². The topological polar surface area (TPSA) is 93.5 Å². The first-order valence-electron chi connectivity index (χ1n) is 5.36. The van der Waals surface area contributed by atoms with Gasteiger partial charge in [-0.25, -0.2) is 4.79 Å². The molecule has 0 saturated carbocycles. The van der Waals surface area contributed by atoms with Gasteiger partial charge in [0.1, 0.15) is 11.8 Å². The van der Waals surface area contributed by atoms with Gasteiger partial charge in [0.15, 0.2) is 0 Å². The van der Waals surface area contributed by atoms with E-state index in [9.17, 15) is 14.7 Å². The SMILES string of the molecule is O=c1ccn([C@H]2C[C@@H]3OC[C@]3(CO)O2)c(=O)[nH]1. The number of aromatic amines is 1. The third kappa shape index (κ3) is 1.47. The first kappa shape index (κ1) is 10.7. The Labute approximate surface area is 95.6 Å². The Morgan fingerprint density at radius 1 is 1.59 bits per heavy atom. The zero-order chi connectivity index (χ0) is 12.0. The van der Waals surface area contributed by atoms with Crippen molar-refractivity contribution >= 4 is 0 Å². The molecule has 3 heterocycles. The summed E-state index contributed by atoms with van der Waals surface area (Å²) in [4.78, 5) is 24.7. The molecule has 2 saturated heterocycles. The molecular formula is C10H12N2O5. The van der Waals surface area contributed by atoms with Gasteiger partial charge in [-0.2, -0.15) is 0 Å². The lowest BCUT2D eigenvalue weighted by Crippen LogP contribution is -2.58. The van der Waals surface area contributed by atoms with E-state index >= 15 is 0 Å². The molecule has 2 fully saturated rings. The van der Waals surface area contributed by atoms with Crippen molar-refractivity contribution in [1.82, 2.24) is 9.55 Å². The number of hydrogen-bond donors (Lipinski definition) is 2. The fourth-order valence-corrected chi connectivity index (χ4v) is 2.29. The highest BCUT2D eigenvalue weighted by atomic mass is 16.6. The van der Waals surface area contributed by atoms with Crippen LogP contribution >= 0.6 is 0 Å². The largest absolute Gasteiger partial charge is 0.393 e. The second-order valence-electron chi connectivity index (χ2n) is 4.35. The maximum absolute atomic E-state index is 11.6. The number of aromatic nitrogens is 2. The molecule has 3 rings (SSSR count). The molecule has 17 heavy (non-hydrogen) atoms. The van der Waals surface area contributed by atoms with Gasteiger partial charge in [-0.05, 0) is 0 Å². The van der Waals surface area contributed by atoms with Crippen LogP contribution in [0.3, 0.4) is 0 Å². The summed E-state index contributed by atoms with van der Waals surface area (Å²) in [6.45, 7) is 0.203. The molecule has 7 nitrogen and oxygen atoms in total. The molecule has 1 aromatic heterocycles. The van der Waals surface area contributed by atoms with E-state index in [1.807, 2.05) is 0 Å². The van der Waals surface area contributed by atoms with Gasteiger partial charge in [0.2, 0.25) is 0 Å². The Morgan fingerprint density at radius 3 is 2.94 bits per heavy atom. The number of nitrogens with zero attached hydrogens (tertiary/aromatic N) is 1. The second kappa shape index (κ2) is 3.52. The fraction of sp³-hybridized carbons (Fsp3) is 0.600. The quantitative estimate of drug-likeness (QED) is 0.662. The maximum Gasteiger partial charge on any atom is 0.330 e. The molecule has 0 aromatic carbocycles. The Balaban J connectivity index is 1.92. The van der Waals surface area contributed by atoms with Gasteiger partial charge >= 0.3 is 5.69 Å². The Hall–Kier alpha value is -1.44. The van der Waals surface area contributed by atoms with Crippen molar-refractivity contribution in [1.29, 1.82) is 0 Å². The summed E-state index contributed by atoms with van der Waals surface area (Å²) in [5, 5.41) is 9.27. The highest BCUT2D eigenvalue weighted by molar-refractivity contribution is 5.03. The van der Waals surface area contributed by atoms with Crippen LogP contribution in [-0.2, 0) is 9.47 Å². The summed E-state index contributed by atoms with van der Waals surface area (Å²) in [7, 11) is 0. The molecule has 0 aliphatic carbocycles. The van der Waals surface area contributed by atoms with Crippen molar-refractivity contribution in [3.8, 4) is 0 Å². The summed E-state index contributed by atoms with van der Waals surface area (Å²) in [6, 6.07) is 1.26. The molecule has 0 spiro atoms. The number of aliphatic hydroxyl groups excluding tert-OH is 1. The molecular weight excluding hydrogens is 228 g/mol. The molecule has 2 N–H and O–H groups in total. The van der Waals surface area contributed by atoms with Crippen LogP contribution in [0.15, 0.2) is 21.9 Å². The summed E-state index contributed by atoms with van der Waals surface area (Å²) < 4.78 is 12.3. The predicted molar refractivity (Wildman–Crippen MR) is 55.6 cm³/mol. The van der Waals surface area contributed by atoms with Crippen molar-refractivity contribution in [2.75, 3.05) is 13.2 Å². The summed E-state index contributed by atoms with van der Waals surface area (Å²) in [5.41, 5.74) is -1.64. The van der Waals surface area contributed by atoms with Crippen LogP contribution in [0.5, 0.6) is 0 Å². The first-order chi connectivity index (χ1) is 8.14. The van der Waals surface area contributed by atoms with E-state index in [0.717, 1.165) is 0 Å². The lowest BCUT2D eigenvalue weighted by Gasteiger charge is -2.41. The standard InChI is InChI=1S/C10H12N2O5/c13-4-10-5-16-6(10)3-8(17-10)12-2-1-7(14)11-9(12)15/h1-2,6,8,13H,3-5H2,(H,11,14,15)/t6-,8+,10-/m0/s1. The average molecular weight is 240 g/mol. The van der Waals surface area contributed by atoms with Gasteiger partial charge in [-0.3, -0.25) is 14.3 Å². The molecule has 2 aliphatic heterocycles. The number of hydrogen-bond acceptors (Lipinski definition) is 5. The van der Waals surface area contributed by atoms with E-state index in [1.54, 1.807) is 0 Å². The number of rotatable bonds is 2. The minimum absolute atomic E-state index is 0.133. The zero-order valence-corrected chi connectivity index (χ0v) is 8.96. The van der Waals surface area contributed by atoms with Gasteiger partial charge in [0, 0.05) is 18.7 Å². The molecule has 2 aliphatic rings. The number of aliphatic hydroxyl groups is 1. The molecule has 7 heteroatoms. The van der Waals surface area contributed by atoms with E-state index in [-0.39, 0.29) is 12.7 Å². The van der Waals surface area contributed by atoms with E-state index in [4.69, 9.17) is 9.47 Å². The first-order valence-corrected chi connectivity index (χ1v) is 5.36. The summed E-state index contributed by atoms with van der Waals surface area (Å²) in [5.74, 6) is 0. The van der Waals surface area contributed by atoms with Crippen LogP contribution in [-0.4, -0.2) is 39.6 Å². The van der Waals surface area contributed by atoms with Gasteiger partial charge in [0.25, 0.3) is 5.56 Å². The maximum atomic E-state index is 11.6. The van der Waals surface area contributed by atoms with Crippen LogP contribution in [0.4, 0.5) is 0 Å². The smallest absolute Gasteiger partial charge is 0.330 e. The van der Waals surface area contributed by atoms with E-state index in [0.29, 0.717) is 13.0 Å². The highest BCUT2D eigenvalue weighted by Crippen LogP contribution is 2.44. The fourth-order valence-electron chi connectivity index (χ4n) is 2.29. The molecule has 1 aromatic rings. The average Bonchev–Trinajstić information content (AvgIpc) is 2.52. The molecule has 92 valence electrons. The van der Waals surface area contributed by atoms with Crippen LogP contribution < -0.4 is 11.2 Å². The minimum Gasteiger partial charge on any atom is -0.393 e. The number of ether oxygens (including phenoxy) is 2. The van der Waals surface area contributed by atoms with Crippen molar-refractivity contribution in [3.63, 3.8) is 0 Å². The van der Waals surface area contributed by atoms with Gasteiger partial charge in [-0.15, -0.1) is 0 Å². The number of fused-ring (bicyclic) bond motifs is 1. The Kier molecular flexibility index (Phi) is 2.22. The van der Waals surface area contributed by atoms with E-state index in [2.05, 4.69) is 4.98 Å². The minimum atomic E-state index is -0.680. The van der Waals surface area contributed by atoms with Gasteiger partial charge < -0.3 is 14.6 Å². The number of H-pyrrole nitrogens is 1. The number of nitrogens with one attached hydrogen (secondary N) is 1. The highest BCUT2D eigenvalue weighted by Gasteiger charge is 2.57. The second-order valence-corrected chi connectivity index (χ2v) is 4.35. The van der Waals surface area contributed by atoms with Crippen LogP contribution in [0.2, 0.25) is 0 Å². The van der Waals surface area contributed by atoms with Crippen LogP contribution in [0.1, 0.15) is 12.6 Å². The molecule has 0 unspecified atom stereocenters. The molecule has 3 atom stereocenters. The zero-order valence-electron chi connectivity index (χ0n) is 8.96. The van der Waals surface area contributed by atoms with Crippen molar-refractivity contribution in [2.45, 2.75) is 24.4 Å². The third-order valence-electron chi connectivity index (χ3n) is 3.33. The van der Waals surface area contributed by atoms with Crippen molar-refractivity contribution < 1.29 is 14.6 Å². The van der Waals surface area contributed by atoms with E-state index < -0.39 is 23.1 Å². The van der Waals surface area contributed by atoms with Crippen molar-refractivity contribution in [3.05, 3.63) is 33.1 Å².